The average Bonchev–Trinajstić information content (AvgIpc) is 2.36. The van der Waals surface area contributed by atoms with Gasteiger partial charge in [0.15, 0.2) is 0 Å². The molecule has 20 heavy (non-hydrogen) atoms. The van der Waals surface area contributed by atoms with Gasteiger partial charge in [-0.25, -0.2) is 8.78 Å². The lowest BCUT2D eigenvalue weighted by Gasteiger charge is -2.27. The van der Waals surface area contributed by atoms with Gasteiger partial charge in [-0.3, -0.25) is 4.99 Å². The SMILES string of the molecule is C/C=C(\N=C(C)C(C)C(C)(C)C)c1cc(F)ccc1F. The molecule has 0 saturated carbocycles. The molecule has 0 amide bonds. The molecule has 0 fully saturated rings. The molecule has 1 atom stereocenters. The van der Waals surface area contributed by atoms with Gasteiger partial charge in [0.1, 0.15) is 11.6 Å². The largest absolute Gasteiger partial charge is 0.257 e. The first-order valence-electron chi connectivity index (χ1n) is 6.83. The van der Waals surface area contributed by atoms with Crippen molar-refractivity contribution < 1.29 is 8.78 Å². The fraction of sp³-hybridized carbons (Fsp3) is 0.471. The third-order valence-corrected chi connectivity index (χ3v) is 3.70. The predicted molar refractivity (Wildman–Crippen MR) is 81.7 cm³/mol. The summed E-state index contributed by atoms with van der Waals surface area (Å²) in [5.74, 6) is -0.675. The first-order chi connectivity index (χ1) is 9.16. The minimum atomic E-state index is -0.461. The van der Waals surface area contributed by atoms with Crippen LogP contribution < -0.4 is 0 Å². The van der Waals surface area contributed by atoms with E-state index in [0.717, 1.165) is 17.8 Å². The standard InChI is InChI=1S/C17H23F2N/c1-7-16(14-10-13(18)8-9-15(14)19)20-12(3)11(2)17(4,5)6/h7-11H,1-6H3/b16-7-,20-12?. The molecule has 0 heterocycles. The summed E-state index contributed by atoms with van der Waals surface area (Å²) in [5.41, 5.74) is 1.66. The highest BCUT2D eigenvalue weighted by molar-refractivity contribution is 5.90. The van der Waals surface area contributed by atoms with Crippen LogP contribution in [0.1, 0.15) is 47.1 Å². The third-order valence-electron chi connectivity index (χ3n) is 3.70. The Labute approximate surface area is 120 Å². The van der Waals surface area contributed by atoms with E-state index >= 15 is 0 Å². The summed E-state index contributed by atoms with van der Waals surface area (Å²) in [6.45, 7) is 12.2. The molecule has 1 unspecified atom stereocenters. The topological polar surface area (TPSA) is 12.4 Å². The van der Waals surface area contributed by atoms with Crippen molar-refractivity contribution in [2.24, 2.45) is 16.3 Å². The molecule has 0 aromatic heterocycles. The smallest absolute Gasteiger partial charge is 0.132 e. The second kappa shape index (κ2) is 6.29. The Morgan fingerprint density at radius 1 is 1.25 bits per heavy atom. The molecular formula is C17H23F2N. The van der Waals surface area contributed by atoms with Crippen LogP contribution in [-0.2, 0) is 0 Å². The summed E-state index contributed by atoms with van der Waals surface area (Å²) in [7, 11) is 0. The zero-order valence-electron chi connectivity index (χ0n) is 13.1. The highest BCUT2D eigenvalue weighted by Gasteiger charge is 2.22. The van der Waals surface area contributed by atoms with Crippen LogP contribution in [0.25, 0.3) is 5.70 Å². The Morgan fingerprint density at radius 3 is 2.35 bits per heavy atom. The van der Waals surface area contributed by atoms with Crippen molar-refractivity contribution in [1.29, 1.82) is 0 Å². The molecular weight excluding hydrogens is 256 g/mol. The summed E-state index contributed by atoms with van der Waals surface area (Å²) in [5, 5.41) is 0. The number of benzene rings is 1. The Hall–Kier alpha value is -1.51. The van der Waals surface area contributed by atoms with E-state index in [0.29, 0.717) is 5.70 Å². The Morgan fingerprint density at radius 2 is 1.85 bits per heavy atom. The molecule has 0 bridgehead atoms. The molecule has 1 rings (SSSR count). The van der Waals surface area contributed by atoms with Crippen molar-refractivity contribution in [2.45, 2.75) is 41.5 Å². The lowest BCUT2D eigenvalue weighted by Crippen LogP contribution is -2.24. The summed E-state index contributed by atoms with van der Waals surface area (Å²) in [4.78, 5) is 4.50. The number of nitrogens with zero attached hydrogens (tertiary/aromatic N) is 1. The zero-order valence-corrected chi connectivity index (χ0v) is 13.1. The van der Waals surface area contributed by atoms with Crippen LogP contribution >= 0.6 is 0 Å². The summed E-state index contributed by atoms with van der Waals surface area (Å²) < 4.78 is 27.1. The number of allylic oxidation sites excluding steroid dienone is 1. The van der Waals surface area contributed by atoms with Crippen LogP contribution in [-0.4, -0.2) is 5.71 Å². The Bertz CT molecular complexity index is 536. The van der Waals surface area contributed by atoms with Gasteiger partial charge < -0.3 is 0 Å². The molecule has 110 valence electrons. The van der Waals surface area contributed by atoms with Gasteiger partial charge in [0, 0.05) is 11.3 Å². The van der Waals surface area contributed by atoms with Gasteiger partial charge in [0.25, 0.3) is 0 Å². The van der Waals surface area contributed by atoms with Crippen LogP contribution in [0.3, 0.4) is 0 Å². The molecule has 1 aromatic rings. The van der Waals surface area contributed by atoms with Crippen molar-refractivity contribution >= 4 is 11.4 Å². The third kappa shape index (κ3) is 3.99. The van der Waals surface area contributed by atoms with E-state index < -0.39 is 11.6 Å². The Kier molecular flexibility index (Phi) is 5.21. The van der Waals surface area contributed by atoms with Crippen LogP contribution in [0.5, 0.6) is 0 Å². The van der Waals surface area contributed by atoms with E-state index in [1.165, 1.54) is 6.07 Å². The fourth-order valence-electron chi connectivity index (χ4n) is 1.89. The van der Waals surface area contributed by atoms with Crippen molar-refractivity contribution in [3.8, 4) is 0 Å². The maximum atomic E-state index is 13.8. The molecule has 3 heteroatoms. The molecule has 0 aliphatic rings. The van der Waals surface area contributed by atoms with Gasteiger partial charge in [-0.1, -0.05) is 33.8 Å². The summed E-state index contributed by atoms with van der Waals surface area (Å²) in [6, 6.07) is 3.43. The second-order valence-corrected chi connectivity index (χ2v) is 6.14. The minimum absolute atomic E-state index is 0.0763. The normalized spacial score (nSPS) is 15.4. The molecule has 0 aliphatic carbocycles. The van der Waals surface area contributed by atoms with Gasteiger partial charge >= 0.3 is 0 Å². The van der Waals surface area contributed by atoms with E-state index in [2.05, 4.69) is 32.7 Å². The monoisotopic (exact) mass is 279 g/mol. The summed E-state index contributed by atoms with van der Waals surface area (Å²) in [6.07, 6.45) is 1.71. The van der Waals surface area contributed by atoms with Crippen LogP contribution in [0.4, 0.5) is 8.78 Å². The van der Waals surface area contributed by atoms with E-state index in [1.807, 2.05) is 6.92 Å². The van der Waals surface area contributed by atoms with Gasteiger partial charge in [0.2, 0.25) is 0 Å². The number of halogens is 2. The van der Waals surface area contributed by atoms with Crippen LogP contribution in [0.15, 0.2) is 29.3 Å². The highest BCUT2D eigenvalue weighted by atomic mass is 19.1. The molecule has 0 aliphatic heterocycles. The second-order valence-electron chi connectivity index (χ2n) is 6.14. The first-order valence-corrected chi connectivity index (χ1v) is 6.83. The predicted octanol–water partition coefficient (Wildman–Crippen LogP) is 5.47. The number of hydrogen-bond donors (Lipinski definition) is 0. The van der Waals surface area contributed by atoms with Gasteiger partial charge in [-0.15, -0.1) is 0 Å². The van der Waals surface area contributed by atoms with E-state index in [9.17, 15) is 8.78 Å². The highest BCUT2D eigenvalue weighted by Crippen LogP contribution is 2.28. The van der Waals surface area contributed by atoms with Crippen molar-refractivity contribution in [1.82, 2.24) is 0 Å². The number of rotatable bonds is 3. The first kappa shape index (κ1) is 16.5. The lowest BCUT2D eigenvalue weighted by atomic mass is 9.79. The van der Waals surface area contributed by atoms with Crippen LogP contribution in [0.2, 0.25) is 0 Å². The maximum Gasteiger partial charge on any atom is 0.132 e. The van der Waals surface area contributed by atoms with Crippen molar-refractivity contribution in [3.63, 3.8) is 0 Å². The molecule has 0 spiro atoms. The van der Waals surface area contributed by atoms with Gasteiger partial charge in [0.05, 0.1) is 5.70 Å². The molecule has 0 saturated heterocycles. The van der Waals surface area contributed by atoms with Gasteiger partial charge in [-0.2, -0.15) is 0 Å². The lowest BCUT2D eigenvalue weighted by molar-refractivity contribution is 0.332. The van der Waals surface area contributed by atoms with E-state index in [4.69, 9.17) is 0 Å². The number of hydrogen-bond acceptors (Lipinski definition) is 1. The van der Waals surface area contributed by atoms with E-state index in [1.54, 1.807) is 13.0 Å². The quantitative estimate of drug-likeness (QED) is 0.651. The van der Waals surface area contributed by atoms with Crippen molar-refractivity contribution in [2.75, 3.05) is 0 Å². The Balaban J connectivity index is 3.19. The van der Waals surface area contributed by atoms with Crippen LogP contribution in [0, 0.1) is 23.0 Å². The molecule has 0 N–H and O–H groups in total. The van der Waals surface area contributed by atoms with Crippen molar-refractivity contribution in [3.05, 3.63) is 41.5 Å². The fourth-order valence-corrected chi connectivity index (χ4v) is 1.89. The minimum Gasteiger partial charge on any atom is -0.257 e. The molecule has 0 radical (unpaired) electrons. The maximum absolute atomic E-state index is 13.8. The average molecular weight is 279 g/mol. The van der Waals surface area contributed by atoms with Gasteiger partial charge in [-0.05, 0) is 43.4 Å². The summed E-state index contributed by atoms with van der Waals surface area (Å²) >= 11 is 0. The van der Waals surface area contributed by atoms with E-state index in [-0.39, 0.29) is 16.9 Å². The number of aliphatic imine (C=N–C) groups is 1. The zero-order chi connectivity index (χ0) is 15.5. The molecule has 1 aromatic carbocycles. The molecule has 1 nitrogen and oxygen atoms in total.